The van der Waals surface area contributed by atoms with Crippen LogP contribution in [0.1, 0.15) is 53.9 Å². The molecule has 5 nitrogen and oxygen atoms in total. The first-order chi connectivity index (χ1) is 19.8. The average molecular weight is 567 g/mol. The number of carbonyl (C=O) groups is 1. The van der Waals surface area contributed by atoms with E-state index in [0.29, 0.717) is 0 Å². The highest BCUT2D eigenvalue weighted by Crippen LogP contribution is 2.35. The number of fused-ring (bicyclic) bond motifs is 1. The minimum atomic E-state index is 0.0758. The Morgan fingerprint density at radius 2 is 1.59 bits per heavy atom. The molecule has 0 radical (unpaired) electrons. The third-order valence-corrected chi connectivity index (χ3v) is 8.88. The van der Waals surface area contributed by atoms with Gasteiger partial charge in [-0.05, 0) is 58.0 Å². The van der Waals surface area contributed by atoms with Gasteiger partial charge in [0.1, 0.15) is 0 Å². The zero-order chi connectivity index (χ0) is 28.6. The maximum atomic E-state index is 13.3. The minimum absolute atomic E-state index is 0.0758. The van der Waals surface area contributed by atoms with Crippen molar-refractivity contribution in [3.63, 3.8) is 0 Å². The van der Waals surface area contributed by atoms with Gasteiger partial charge in [-0.25, -0.2) is 0 Å². The number of amides is 1. The van der Waals surface area contributed by atoms with E-state index in [-0.39, 0.29) is 29.6 Å². The fraction of sp³-hybridized carbons (Fsp3) is 0.343. The SMILES string of the molecule is CC(C)(C)c1ccc(C(=O)N2CCN(CC3C(c4ccc(Cl)cc4)NC4C=CC(c5ccccc5)=CN43)CC2)cc1. The van der Waals surface area contributed by atoms with Gasteiger partial charge in [0, 0.05) is 49.5 Å². The van der Waals surface area contributed by atoms with Crippen LogP contribution in [0.5, 0.6) is 0 Å². The van der Waals surface area contributed by atoms with Crippen LogP contribution in [0.2, 0.25) is 5.02 Å². The molecular weight excluding hydrogens is 528 g/mol. The van der Waals surface area contributed by atoms with Crippen molar-refractivity contribution in [3.05, 3.63) is 124 Å². The summed E-state index contributed by atoms with van der Waals surface area (Å²) in [5.74, 6) is 0.128. The van der Waals surface area contributed by atoms with Gasteiger partial charge in [-0.2, -0.15) is 0 Å². The molecule has 212 valence electrons. The summed E-state index contributed by atoms with van der Waals surface area (Å²) < 4.78 is 0. The largest absolute Gasteiger partial charge is 0.352 e. The molecule has 3 aromatic rings. The normalized spacial score (nSPS) is 22.9. The smallest absolute Gasteiger partial charge is 0.253 e. The molecule has 2 saturated heterocycles. The van der Waals surface area contributed by atoms with Gasteiger partial charge < -0.3 is 9.80 Å². The van der Waals surface area contributed by atoms with Crippen molar-refractivity contribution in [2.45, 2.75) is 44.4 Å². The quantitative estimate of drug-likeness (QED) is 0.391. The molecule has 0 bridgehead atoms. The number of halogens is 1. The van der Waals surface area contributed by atoms with E-state index in [1.54, 1.807) is 0 Å². The van der Waals surface area contributed by atoms with E-state index < -0.39 is 0 Å². The summed E-state index contributed by atoms with van der Waals surface area (Å²) in [5, 5.41) is 4.62. The fourth-order valence-corrected chi connectivity index (χ4v) is 6.30. The third-order valence-electron chi connectivity index (χ3n) is 8.62. The maximum Gasteiger partial charge on any atom is 0.253 e. The van der Waals surface area contributed by atoms with Gasteiger partial charge in [0.2, 0.25) is 0 Å². The number of hydrogen-bond acceptors (Lipinski definition) is 4. The Kier molecular flexibility index (Phi) is 7.78. The van der Waals surface area contributed by atoms with Crippen molar-refractivity contribution >= 4 is 23.1 Å². The Balaban J connectivity index is 1.17. The molecule has 0 aliphatic carbocycles. The topological polar surface area (TPSA) is 38.8 Å². The molecule has 41 heavy (non-hydrogen) atoms. The van der Waals surface area contributed by atoms with Crippen LogP contribution < -0.4 is 5.32 Å². The number of carbonyl (C=O) groups excluding carboxylic acids is 1. The number of benzene rings is 3. The lowest BCUT2D eigenvalue weighted by atomic mass is 9.86. The number of nitrogens with one attached hydrogen (secondary N) is 1. The third kappa shape index (κ3) is 5.99. The van der Waals surface area contributed by atoms with Crippen molar-refractivity contribution in [3.8, 4) is 0 Å². The monoisotopic (exact) mass is 566 g/mol. The molecule has 0 saturated carbocycles. The molecule has 3 aliphatic rings. The minimum Gasteiger partial charge on any atom is -0.352 e. The van der Waals surface area contributed by atoms with Crippen LogP contribution in [-0.4, -0.2) is 65.5 Å². The van der Waals surface area contributed by atoms with Crippen LogP contribution in [0.25, 0.3) is 5.57 Å². The number of nitrogens with zero attached hydrogens (tertiary/aromatic N) is 3. The summed E-state index contributed by atoms with van der Waals surface area (Å²) in [5.41, 5.74) is 5.78. The van der Waals surface area contributed by atoms with Crippen molar-refractivity contribution in [2.24, 2.45) is 0 Å². The zero-order valence-corrected chi connectivity index (χ0v) is 24.9. The molecule has 3 aliphatic heterocycles. The number of piperazine rings is 1. The van der Waals surface area contributed by atoms with E-state index in [2.05, 4.69) is 109 Å². The summed E-state index contributed by atoms with van der Waals surface area (Å²) in [7, 11) is 0. The highest BCUT2D eigenvalue weighted by molar-refractivity contribution is 6.30. The predicted octanol–water partition coefficient (Wildman–Crippen LogP) is 6.35. The van der Waals surface area contributed by atoms with E-state index in [0.717, 1.165) is 43.3 Å². The van der Waals surface area contributed by atoms with E-state index >= 15 is 0 Å². The second kappa shape index (κ2) is 11.5. The molecular formula is C35H39ClN4O. The lowest BCUT2D eigenvalue weighted by Crippen LogP contribution is -2.52. The van der Waals surface area contributed by atoms with Crippen LogP contribution >= 0.6 is 11.6 Å². The standard InChI is InChI=1S/C35H39ClN4O/c1-35(2,3)29-14-9-27(10-15-29)34(41)39-21-19-38(20-22-39)24-31-33(26-11-16-30(36)17-12-26)37-32-18-13-28(23-40(31)32)25-7-5-4-6-8-25/h4-18,23,31-33,37H,19-22,24H2,1-3H3. The predicted molar refractivity (Wildman–Crippen MR) is 168 cm³/mol. The van der Waals surface area contributed by atoms with Gasteiger partial charge in [-0.15, -0.1) is 0 Å². The van der Waals surface area contributed by atoms with Crippen LogP contribution in [0.3, 0.4) is 0 Å². The van der Waals surface area contributed by atoms with Gasteiger partial charge >= 0.3 is 0 Å². The van der Waals surface area contributed by atoms with Gasteiger partial charge in [0.05, 0.1) is 18.2 Å². The first kappa shape index (κ1) is 27.8. The second-order valence-electron chi connectivity index (χ2n) is 12.4. The first-order valence-corrected chi connectivity index (χ1v) is 15.0. The Morgan fingerprint density at radius 1 is 0.902 bits per heavy atom. The van der Waals surface area contributed by atoms with Crippen molar-refractivity contribution in [1.29, 1.82) is 0 Å². The lowest BCUT2D eigenvalue weighted by molar-refractivity contribution is 0.0604. The van der Waals surface area contributed by atoms with Gasteiger partial charge in [0.15, 0.2) is 0 Å². The maximum absolute atomic E-state index is 13.3. The fourth-order valence-electron chi connectivity index (χ4n) is 6.17. The molecule has 6 heteroatoms. The summed E-state index contributed by atoms with van der Waals surface area (Å²) >= 11 is 6.24. The highest BCUT2D eigenvalue weighted by atomic mass is 35.5. The lowest BCUT2D eigenvalue weighted by Gasteiger charge is -2.39. The molecule has 3 aromatic carbocycles. The average Bonchev–Trinajstić information content (AvgIpc) is 3.35. The molecule has 3 heterocycles. The van der Waals surface area contributed by atoms with Crippen molar-refractivity contribution < 1.29 is 4.79 Å². The molecule has 0 aromatic heterocycles. The number of rotatable bonds is 5. The van der Waals surface area contributed by atoms with Gasteiger partial charge in [-0.1, -0.05) is 93.0 Å². The van der Waals surface area contributed by atoms with Crippen LogP contribution in [-0.2, 0) is 5.41 Å². The molecule has 0 spiro atoms. The van der Waals surface area contributed by atoms with Crippen LogP contribution in [0.15, 0.2) is 97.2 Å². The summed E-state index contributed by atoms with van der Waals surface area (Å²) in [6.07, 6.45) is 6.94. The molecule has 3 atom stereocenters. The Hall–Kier alpha value is -3.38. The molecule has 1 amide bonds. The van der Waals surface area contributed by atoms with E-state index in [1.807, 2.05) is 29.2 Å². The van der Waals surface area contributed by atoms with E-state index in [1.165, 1.54) is 22.3 Å². The number of allylic oxidation sites excluding steroid dienone is 2. The summed E-state index contributed by atoms with van der Waals surface area (Å²) in [4.78, 5) is 20.3. The van der Waals surface area contributed by atoms with Crippen LogP contribution in [0.4, 0.5) is 0 Å². The molecule has 1 N–H and O–H groups in total. The Labute approximate surface area is 249 Å². The first-order valence-electron chi connectivity index (χ1n) is 14.6. The van der Waals surface area contributed by atoms with E-state index in [4.69, 9.17) is 11.6 Å². The molecule has 2 fully saturated rings. The van der Waals surface area contributed by atoms with Crippen molar-refractivity contribution in [1.82, 2.24) is 20.0 Å². The second-order valence-corrected chi connectivity index (χ2v) is 12.8. The Morgan fingerprint density at radius 3 is 2.24 bits per heavy atom. The summed E-state index contributed by atoms with van der Waals surface area (Å²) in [6.45, 7) is 10.7. The van der Waals surface area contributed by atoms with Crippen LogP contribution in [0, 0.1) is 0 Å². The number of hydrogen-bond donors (Lipinski definition) is 1. The van der Waals surface area contributed by atoms with Crippen molar-refractivity contribution in [2.75, 3.05) is 32.7 Å². The van der Waals surface area contributed by atoms with Gasteiger partial charge in [-0.3, -0.25) is 15.0 Å². The Bertz CT molecular complexity index is 1420. The molecule has 3 unspecified atom stereocenters. The van der Waals surface area contributed by atoms with Gasteiger partial charge in [0.25, 0.3) is 5.91 Å². The zero-order valence-electron chi connectivity index (χ0n) is 24.1. The molecule has 6 rings (SSSR count). The summed E-state index contributed by atoms with van der Waals surface area (Å²) in [6, 6.07) is 27.3. The highest BCUT2D eigenvalue weighted by Gasteiger charge is 2.41. The van der Waals surface area contributed by atoms with E-state index in [9.17, 15) is 4.79 Å².